The number of anilines is 1. The molecule has 1 aliphatic heterocycles. The predicted molar refractivity (Wildman–Crippen MR) is 97.0 cm³/mol. The Balaban J connectivity index is 1.96. The molecule has 2 atom stereocenters. The number of benzene rings is 1. The van der Waals surface area contributed by atoms with Crippen LogP contribution in [0, 0.1) is 0 Å². The van der Waals surface area contributed by atoms with E-state index in [0.717, 1.165) is 5.69 Å². The van der Waals surface area contributed by atoms with Crippen LogP contribution >= 0.6 is 0 Å². The number of hydrogen-bond donors (Lipinski definition) is 2. The Bertz CT molecular complexity index is 590. The zero-order valence-electron chi connectivity index (χ0n) is 15.3. The molecule has 0 radical (unpaired) electrons. The summed E-state index contributed by atoms with van der Waals surface area (Å²) in [6.45, 7) is 9.03. The number of likely N-dealkylation sites (tertiary alicyclic amines) is 1. The molecule has 1 saturated heterocycles. The smallest absolute Gasteiger partial charge is 0.241 e. The van der Waals surface area contributed by atoms with Gasteiger partial charge in [0.05, 0.1) is 6.04 Å². The Morgan fingerprint density at radius 3 is 2.38 bits per heavy atom. The van der Waals surface area contributed by atoms with Crippen molar-refractivity contribution >= 4 is 17.5 Å². The van der Waals surface area contributed by atoms with Crippen molar-refractivity contribution in [2.24, 2.45) is 0 Å². The van der Waals surface area contributed by atoms with E-state index in [4.69, 9.17) is 0 Å². The van der Waals surface area contributed by atoms with E-state index in [1.54, 1.807) is 0 Å². The van der Waals surface area contributed by atoms with Gasteiger partial charge in [0.2, 0.25) is 11.8 Å². The quantitative estimate of drug-likeness (QED) is 0.891. The van der Waals surface area contributed by atoms with Crippen LogP contribution < -0.4 is 10.6 Å². The van der Waals surface area contributed by atoms with Gasteiger partial charge in [-0.25, -0.2) is 0 Å². The topological polar surface area (TPSA) is 61.4 Å². The molecule has 1 aromatic carbocycles. The number of nitrogens with zero attached hydrogens (tertiary/aromatic N) is 1. The number of carbonyl (C=O) groups is 2. The zero-order valence-corrected chi connectivity index (χ0v) is 15.3. The number of likely N-dealkylation sites (N-methyl/N-ethyl adjacent to an activating group) is 1. The molecule has 0 bridgehead atoms. The fourth-order valence-electron chi connectivity index (χ4n) is 3.02. The molecule has 2 amide bonds. The van der Waals surface area contributed by atoms with Gasteiger partial charge in [0.15, 0.2) is 0 Å². The second-order valence-corrected chi connectivity index (χ2v) is 7.63. The van der Waals surface area contributed by atoms with Crippen molar-refractivity contribution < 1.29 is 9.59 Å². The molecule has 5 heteroatoms. The molecule has 0 aromatic heterocycles. The molecular formula is C19H29N3O2. The maximum absolute atomic E-state index is 12.5. The fourth-order valence-corrected chi connectivity index (χ4v) is 3.02. The molecule has 2 unspecified atom stereocenters. The summed E-state index contributed by atoms with van der Waals surface area (Å²) in [5.41, 5.74) is 2.14. The monoisotopic (exact) mass is 331 g/mol. The van der Waals surface area contributed by atoms with E-state index in [2.05, 4.69) is 43.5 Å². The lowest BCUT2D eigenvalue weighted by Gasteiger charge is -2.20. The zero-order chi connectivity index (χ0) is 17.9. The number of carbonyl (C=O) groups excluding carboxylic acids is 2. The van der Waals surface area contributed by atoms with Crippen LogP contribution in [0.1, 0.15) is 46.1 Å². The van der Waals surface area contributed by atoms with Crippen LogP contribution in [-0.2, 0) is 15.0 Å². The molecule has 5 nitrogen and oxygen atoms in total. The van der Waals surface area contributed by atoms with E-state index in [9.17, 15) is 9.59 Å². The van der Waals surface area contributed by atoms with Crippen molar-refractivity contribution in [2.75, 3.05) is 18.9 Å². The first kappa shape index (κ1) is 18.5. The molecule has 24 heavy (non-hydrogen) atoms. The molecule has 2 N–H and O–H groups in total. The second kappa shape index (κ2) is 7.34. The number of amides is 2. The van der Waals surface area contributed by atoms with Crippen molar-refractivity contribution in [3.8, 4) is 0 Å². The van der Waals surface area contributed by atoms with E-state index in [0.29, 0.717) is 19.4 Å². The van der Waals surface area contributed by atoms with Gasteiger partial charge < -0.3 is 10.6 Å². The highest BCUT2D eigenvalue weighted by Gasteiger charge is 2.35. The number of nitrogens with one attached hydrogen (secondary N) is 2. The molecule has 0 aliphatic carbocycles. The second-order valence-electron chi connectivity index (χ2n) is 7.63. The van der Waals surface area contributed by atoms with Crippen LogP contribution in [0.4, 0.5) is 5.69 Å². The minimum Gasteiger partial charge on any atom is -0.352 e. The Labute approximate surface area is 144 Å². The third kappa shape index (κ3) is 4.57. The lowest BCUT2D eigenvalue weighted by molar-refractivity contribution is -0.122. The van der Waals surface area contributed by atoms with Crippen LogP contribution in [0.5, 0.6) is 0 Å². The normalized spacial score (nSPS) is 21.5. The maximum atomic E-state index is 12.5. The first-order valence-electron chi connectivity index (χ1n) is 8.61. The molecule has 1 aliphatic rings. The summed E-state index contributed by atoms with van der Waals surface area (Å²) in [5, 5.41) is 5.96. The molecule has 0 saturated carbocycles. The van der Waals surface area contributed by atoms with E-state index < -0.39 is 0 Å². The Kier molecular flexibility index (Phi) is 5.65. The first-order chi connectivity index (χ1) is 11.2. The molecule has 1 heterocycles. The Morgan fingerprint density at radius 1 is 1.21 bits per heavy atom. The molecule has 2 rings (SSSR count). The van der Waals surface area contributed by atoms with Gasteiger partial charge in [-0.3, -0.25) is 14.5 Å². The van der Waals surface area contributed by atoms with Crippen molar-refractivity contribution in [1.82, 2.24) is 10.2 Å². The summed E-state index contributed by atoms with van der Waals surface area (Å²) < 4.78 is 0. The van der Waals surface area contributed by atoms with E-state index >= 15 is 0 Å². The van der Waals surface area contributed by atoms with Gasteiger partial charge in [-0.2, -0.15) is 0 Å². The van der Waals surface area contributed by atoms with E-state index in [1.807, 2.05) is 31.0 Å². The van der Waals surface area contributed by atoms with Crippen LogP contribution in [0.15, 0.2) is 24.3 Å². The van der Waals surface area contributed by atoms with E-state index in [1.165, 1.54) is 5.56 Å². The lowest BCUT2D eigenvalue weighted by atomic mass is 9.87. The number of rotatable bonds is 4. The Morgan fingerprint density at radius 2 is 1.83 bits per heavy atom. The van der Waals surface area contributed by atoms with E-state index in [-0.39, 0.29) is 29.3 Å². The minimum absolute atomic E-state index is 0.0192. The van der Waals surface area contributed by atoms with Gasteiger partial charge in [-0.15, -0.1) is 0 Å². The fraction of sp³-hybridized carbons (Fsp3) is 0.579. The van der Waals surface area contributed by atoms with Gasteiger partial charge in [0.1, 0.15) is 0 Å². The van der Waals surface area contributed by atoms with Gasteiger partial charge in [0.25, 0.3) is 0 Å². The third-order valence-electron chi connectivity index (χ3n) is 4.56. The summed E-state index contributed by atoms with van der Waals surface area (Å²) in [4.78, 5) is 26.1. The van der Waals surface area contributed by atoms with Crippen molar-refractivity contribution in [3.63, 3.8) is 0 Å². The highest BCUT2D eigenvalue weighted by atomic mass is 16.2. The van der Waals surface area contributed by atoms with Crippen molar-refractivity contribution in [3.05, 3.63) is 29.8 Å². The van der Waals surface area contributed by atoms with Crippen LogP contribution in [0.25, 0.3) is 0 Å². The average molecular weight is 331 g/mol. The highest BCUT2D eigenvalue weighted by molar-refractivity contribution is 5.95. The van der Waals surface area contributed by atoms with Crippen LogP contribution in [0.3, 0.4) is 0 Å². The highest BCUT2D eigenvalue weighted by Crippen LogP contribution is 2.24. The first-order valence-corrected chi connectivity index (χ1v) is 8.61. The van der Waals surface area contributed by atoms with Gasteiger partial charge in [-0.05, 0) is 36.6 Å². The van der Waals surface area contributed by atoms with Crippen molar-refractivity contribution in [2.45, 2.75) is 58.0 Å². The summed E-state index contributed by atoms with van der Waals surface area (Å²) in [6.07, 6.45) is 1.12. The van der Waals surface area contributed by atoms with Gasteiger partial charge >= 0.3 is 0 Å². The predicted octanol–water partition coefficient (Wildman–Crippen LogP) is 2.52. The average Bonchev–Trinajstić information content (AvgIpc) is 2.87. The number of hydrogen-bond acceptors (Lipinski definition) is 3. The molecule has 1 fully saturated rings. The summed E-state index contributed by atoms with van der Waals surface area (Å²) in [7, 11) is 1.92. The maximum Gasteiger partial charge on any atom is 0.241 e. The summed E-state index contributed by atoms with van der Waals surface area (Å²) >= 11 is 0. The molecule has 1 aromatic rings. The molecule has 132 valence electrons. The third-order valence-corrected chi connectivity index (χ3v) is 4.56. The lowest BCUT2D eigenvalue weighted by Crippen LogP contribution is -2.37. The summed E-state index contributed by atoms with van der Waals surface area (Å²) in [5.74, 6) is 0.0153. The van der Waals surface area contributed by atoms with Crippen LogP contribution in [-0.4, -0.2) is 42.4 Å². The molecule has 0 spiro atoms. The Hall–Kier alpha value is -1.88. The summed E-state index contributed by atoms with van der Waals surface area (Å²) in [6, 6.07) is 7.83. The van der Waals surface area contributed by atoms with Gasteiger partial charge in [0, 0.05) is 24.7 Å². The SMILES string of the molecule is CCC(=O)NC1CC(C(=O)Nc2ccc(C(C)(C)C)cc2)N(C)C1. The van der Waals surface area contributed by atoms with Crippen molar-refractivity contribution in [1.29, 1.82) is 0 Å². The largest absolute Gasteiger partial charge is 0.352 e. The minimum atomic E-state index is -0.213. The van der Waals surface area contributed by atoms with Gasteiger partial charge in [-0.1, -0.05) is 39.8 Å². The standard InChI is InChI=1S/C19H29N3O2/c1-6-17(23)20-15-11-16(22(5)12-15)18(24)21-14-9-7-13(8-10-14)19(2,3)4/h7-10,15-16H,6,11-12H2,1-5H3,(H,20,23)(H,21,24). The van der Waals surface area contributed by atoms with Crippen LogP contribution in [0.2, 0.25) is 0 Å². The molecular weight excluding hydrogens is 302 g/mol.